The number of halogens is 2. The smallest absolute Gasteiger partial charge is 0.124 e. The van der Waals surface area contributed by atoms with E-state index in [1.165, 1.54) is 12.1 Å². The van der Waals surface area contributed by atoms with E-state index < -0.39 is 6.10 Å². The summed E-state index contributed by atoms with van der Waals surface area (Å²) in [5.74, 6) is -0.301. The summed E-state index contributed by atoms with van der Waals surface area (Å²) < 4.78 is 15.2. The van der Waals surface area contributed by atoms with Gasteiger partial charge in [-0.05, 0) is 40.2 Å². The zero-order chi connectivity index (χ0) is 13.0. The average molecular weight is 314 g/mol. The maximum Gasteiger partial charge on any atom is 0.124 e. The number of hydrogen-bond donors (Lipinski definition) is 2. The van der Waals surface area contributed by atoms with Gasteiger partial charge in [-0.15, -0.1) is 0 Å². The van der Waals surface area contributed by atoms with Gasteiger partial charge < -0.3 is 10.4 Å². The molecule has 0 aliphatic rings. The molecule has 6 heteroatoms. The lowest BCUT2D eigenvalue weighted by Crippen LogP contribution is -2.25. The van der Waals surface area contributed by atoms with Crippen LogP contribution >= 0.6 is 15.9 Å². The summed E-state index contributed by atoms with van der Waals surface area (Å²) in [5, 5.41) is 16.9. The molecule has 0 spiro atoms. The van der Waals surface area contributed by atoms with Crippen molar-refractivity contribution in [1.82, 2.24) is 9.78 Å². The molecule has 1 unspecified atom stereocenters. The zero-order valence-corrected chi connectivity index (χ0v) is 11.1. The fraction of sp³-hybridized carbons (Fsp3) is 0.250. The number of aliphatic hydroxyl groups excluding tert-OH is 1. The van der Waals surface area contributed by atoms with Crippen molar-refractivity contribution in [2.24, 2.45) is 0 Å². The van der Waals surface area contributed by atoms with Gasteiger partial charge in [-0.3, -0.25) is 4.68 Å². The number of anilines is 1. The molecule has 0 saturated heterocycles. The Morgan fingerprint density at radius 2 is 2.33 bits per heavy atom. The molecule has 0 saturated carbocycles. The highest BCUT2D eigenvalue weighted by atomic mass is 79.9. The molecule has 1 heterocycles. The van der Waals surface area contributed by atoms with E-state index >= 15 is 0 Å². The quantitative estimate of drug-likeness (QED) is 0.890. The standard InChI is InChI=1S/C12H13BrFN3O/c13-11-6-9(14)2-3-12(11)15-7-10(18)8-17-5-1-4-16-17/h1-6,10,15,18H,7-8H2. The Labute approximate surface area is 113 Å². The number of aliphatic hydroxyl groups is 1. The summed E-state index contributed by atoms with van der Waals surface area (Å²) in [6.07, 6.45) is 2.88. The van der Waals surface area contributed by atoms with Crippen molar-refractivity contribution >= 4 is 21.6 Å². The highest BCUT2D eigenvalue weighted by Gasteiger charge is 2.07. The van der Waals surface area contributed by atoms with E-state index in [0.29, 0.717) is 17.6 Å². The molecule has 18 heavy (non-hydrogen) atoms. The average Bonchev–Trinajstić information content (AvgIpc) is 2.80. The van der Waals surface area contributed by atoms with Crippen LogP contribution in [0.4, 0.5) is 10.1 Å². The first-order valence-corrected chi connectivity index (χ1v) is 6.29. The Hall–Kier alpha value is -1.40. The monoisotopic (exact) mass is 313 g/mol. The second kappa shape index (κ2) is 5.97. The topological polar surface area (TPSA) is 50.1 Å². The molecule has 2 N–H and O–H groups in total. The molecule has 2 rings (SSSR count). The van der Waals surface area contributed by atoms with Gasteiger partial charge >= 0.3 is 0 Å². The van der Waals surface area contributed by atoms with Gasteiger partial charge in [0.15, 0.2) is 0 Å². The van der Waals surface area contributed by atoms with Gasteiger partial charge in [0.05, 0.1) is 12.6 Å². The highest BCUT2D eigenvalue weighted by Crippen LogP contribution is 2.22. The van der Waals surface area contributed by atoms with Crippen molar-refractivity contribution < 1.29 is 9.50 Å². The van der Waals surface area contributed by atoms with Gasteiger partial charge in [-0.25, -0.2) is 4.39 Å². The maximum absolute atomic E-state index is 12.9. The van der Waals surface area contributed by atoms with Crippen molar-refractivity contribution in [3.63, 3.8) is 0 Å². The molecule has 0 aliphatic heterocycles. The molecule has 0 aliphatic carbocycles. The van der Waals surface area contributed by atoms with Crippen LogP contribution in [-0.4, -0.2) is 27.5 Å². The van der Waals surface area contributed by atoms with Crippen LogP contribution in [0, 0.1) is 5.82 Å². The van der Waals surface area contributed by atoms with Crippen molar-refractivity contribution in [1.29, 1.82) is 0 Å². The third-order valence-electron chi connectivity index (χ3n) is 2.42. The predicted molar refractivity (Wildman–Crippen MR) is 70.8 cm³/mol. The van der Waals surface area contributed by atoms with Gasteiger partial charge in [0.25, 0.3) is 0 Å². The number of benzene rings is 1. The van der Waals surface area contributed by atoms with Crippen molar-refractivity contribution in [2.75, 3.05) is 11.9 Å². The third-order valence-corrected chi connectivity index (χ3v) is 3.07. The summed E-state index contributed by atoms with van der Waals surface area (Å²) in [7, 11) is 0. The van der Waals surface area contributed by atoms with E-state index in [9.17, 15) is 9.50 Å². The van der Waals surface area contributed by atoms with Crippen LogP contribution in [-0.2, 0) is 6.54 Å². The SMILES string of the molecule is OC(CNc1ccc(F)cc1Br)Cn1cccn1. The van der Waals surface area contributed by atoms with Crippen molar-refractivity contribution in [2.45, 2.75) is 12.6 Å². The lowest BCUT2D eigenvalue weighted by molar-refractivity contribution is 0.161. The first kappa shape index (κ1) is 13.0. The molecule has 4 nitrogen and oxygen atoms in total. The largest absolute Gasteiger partial charge is 0.389 e. The van der Waals surface area contributed by atoms with Crippen LogP contribution < -0.4 is 5.32 Å². The van der Waals surface area contributed by atoms with Crippen LogP contribution in [0.3, 0.4) is 0 Å². The van der Waals surface area contributed by atoms with Crippen molar-refractivity contribution in [3.05, 3.63) is 46.9 Å². The number of nitrogens with zero attached hydrogens (tertiary/aromatic N) is 2. The fourth-order valence-corrected chi connectivity index (χ4v) is 2.04. The molecule has 1 atom stereocenters. The van der Waals surface area contributed by atoms with Gasteiger partial charge in [-0.2, -0.15) is 5.10 Å². The Morgan fingerprint density at radius 1 is 1.50 bits per heavy atom. The summed E-state index contributed by atoms with van der Waals surface area (Å²) in [6, 6.07) is 6.17. The maximum atomic E-state index is 12.9. The highest BCUT2D eigenvalue weighted by molar-refractivity contribution is 9.10. The van der Waals surface area contributed by atoms with Crippen LogP contribution in [0.2, 0.25) is 0 Å². The first-order chi connectivity index (χ1) is 8.65. The van der Waals surface area contributed by atoms with E-state index in [4.69, 9.17) is 0 Å². The molecule has 96 valence electrons. The molecule has 2 aromatic rings. The minimum atomic E-state index is -0.568. The summed E-state index contributed by atoms with van der Waals surface area (Å²) in [5.41, 5.74) is 0.746. The summed E-state index contributed by atoms with van der Waals surface area (Å²) in [4.78, 5) is 0. The van der Waals surface area contributed by atoms with Crippen LogP contribution in [0.15, 0.2) is 41.1 Å². The minimum absolute atomic E-state index is 0.301. The zero-order valence-electron chi connectivity index (χ0n) is 9.55. The summed E-state index contributed by atoms with van der Waals surface area (Å²) >= 11 is 3.26. The Morgan fingerprint density at radius 3 is 3.00 bits per heavy atom. The van der Waals surface area contributed by atoms with Gasteiger partial charge in [0, 0.05) is 29.1 Å². The second-order valence-electron chi connectivity index (χ2n) is 3.89. The molecule has 0 radical (unpaired) electrons. The molecule has 0 fully saturated rings. The molecular weight excluding hydrogens is 301 g/mol. The van der Waals surface area contributed by atoms with E-state index in [1.54, 1.807) is 29.2 Å². The van der Waals surface area contributed by atoms with E-state index in [2.05, 4.69) is 26.3 Å². The molecule has 0 bridgehead atoms. The van der Waals surface area contributed by atoms with Crippen LogP contribution in [0.25, 0.3) is 0 Å². The molecule has 0 amide bonds. The number of nitrogens with one attached hydrogen (secondary N) is 1. The predicted octanol–water partition coefficient (Wildman–Crippen LogP) is 2.26. The number of hydrogen-bond acceptors (Lipinski definition) is 3. The number of aromatic nitrogens is 2. The van der Waals surface area contributed by atoms with E-state index in [0.717, 1.165) is 5.69 Å². The molecule has 1 aromatic carbocycles. The third kappa shape index (κ3) is 3.54. The number of rotatable bonds is 5. The van der Waals surface area contributed by atoms with Crippen LogP contribution in [0.1, 0.15) is 0 Å². The summed E-state index contributed by atoms with van der Waals surface area (Å²) in [6.45, 7) is 0.781. The van der Waals surface area contributed by atoms with Gasteiger partial charge in [0.1, 0.15) is 5.82 Å². The minimum Gasteiger partial charge on any atom is -0.389 e. The normalized spacial score (nSPS) is 12.4. The Kier molecular flexibility index (Phi) is 4.33. The molecule has 1 aromatic heterocycles. The van der Waals surface area contributed by atoms with Crippen LogP contribution in [0.5, 0.6) is 0 Å². The first-order valence-electron chi connectivity index (χ1n) is 5.49. The Balaban J connectivity index is 1.87. The van der Waals surface area contributed by atoms with Gasteiger partial charge in [-0.1, -0.05) is 0 Å². The fourth-order valence-electron chi connectivity index (χ4n) is 1.55. The lowest BCUT2D eigenvalue weighted by Gasteiger charge is -2.14. The van der Waals surface area contributed by atoms with E-state index in [1.807, 2.05) is 0 Å². The van der Waals surface area contributed by atoms with Crippen molar-refractivity contribution in [3.8, 4) is 0 Å². The second-order valence-corrected chi connectivity index (χ2v) is 4.74. The van der Waals surface area contributed by atoms with Gasteiger partial charge in [0.2, 0.25) is 0 Å². The molecular formula is C12H13BrFN3O. The van der Waals surface area contributed by atoms with E-state index in [-0.39, 0.29) is 5.82 Å². The lowest BCUT2D eigenvalue weighted by atomic mass is 10.3. The Bertz CT molecular complexity index is 504.